The van der Waals surface area contributed by atoms with Crippen LogP contribution in [-0.4, -0.2) is 17.0 Å². The SMILES string of the molecule is CNC(c1cncnc1)c1cc2c(s1)CCCC2. The van der Waals surface area contributed by atoms with Crippen molar-refractivity contribution in [2.24, 2.45) is 0 Å². The molecule has 2 aromatic rings. The van der Waals surface area contributed by atoms with Gasteiger partial charge in [-0.05, 0) is 44.4 Å². The van der Waals surface area contributed by atoms with Crippen molar-refractivity contribution in [1.82, 2.24) is 15.3 Å². The molecule has 3 rings (SSSR count). The summed E-state index contributed by atoms with van der Waals surface area (Å²) in [7, 11) is 2.00. The molecule has 0 amide bonds. The van der Waals surface area contributed by atoms with E-state index in [-0.39, 0.29) is 6.04 Å². The second-order valence-electron chi connectivity index (χ2n) is 4.70. The summed E-state index contributed by atoms with van der Waals surface area (Å²) in [6.45, 7) is 0. The van der Waals surface area contributed by atoms with Gasteiger partial charge in [-0.3, -0.25) is 0 Å². The van der Waals surface area contributed by atoms with Crippen LogP contribution in [0.15, 0.2) is 24.8 Å². The van der Waals surface area contributed by atoms with Crippen LogP contribution in [-0.2, 0) is 12.8 Å². The van der Waals surface area contributed by atoms with Crippen LogP contribution in [0, 0.1) is 0 Å². The minimum absolute atomic E-state index is 0.224. The number of aromatic nitrogens is 2. The fourth-order valence-electron chi connectivity index (χ4n) is 2.59. The monoisotopic (exact) mass is 259 g/mol. The minimum Gasteiger partial charge on any atom is -0.309 e. The Morgan fingerprint density at radius 3 is 2.72 bits per heavy atom. The molecular weight excluding hydrogens is 242 g/mol. The van der Waals surface area contributed by atoms with Gasteiger partial charge in [-0.2, -0.15) is 0 Å². The Labute approximate surface area is 111 Å². The van der Waals surface area contributed by atoms with Crippen LogP contribution in [0.1, 0.15) is 39.8 Å². The van der Waals surface area contributed by atoms with E-state index in [4.69, 9.17) is 0 Å². The number of hydrogen-bond donors (Lipinski definition) is 1. The predicted molar refractivity (Wildman–Crippen MR) is 73.9 cm³/mol. The molecule has 0 bridgehead atoms. The lowest BCUT2D eigenvalue weighted by atomic mass is 9.98. The maximum absolute atomic E-state index is 4.11. The van der Waals surface area contributed by atoms with Crippen molar-refractivity contribution >= 4 is 11.3 Å². The maximum atomic E-state index is 4.11. The van der Waals surface area contributed by atoms with E-state index in [1.165, 1.54) is 30.6 Å². The Balaban J connectivity index is 1.94. The summed E-state index contributed by atoms with van der Waals surface area (Å²) in [5.41, 5.74) is 2.69. The van der Waals surface area contributed by atoms with Crippen molar-refractivity contribution in [3.63, 3.8) is 0 Å². The third-order valence-electron chi connectivity index (χ3n) is 3.50. The maximum Gasteiger partial charge on any atom is 0.115 e. The molecule has 1 atom stereocenters. The van der Waals surface area contributed by atoms with Crippen LogP contribution >= 0.6 is 11.3 Å². The lowest BCUT2D eigenvalue weighted by molar-refractivity contribution is 0.688. The van der Waals surface area contributed by atoms with Crippen LogP contribution < -0.4 is 5.32 Å². The largest absolute Gasteiger partial charge is 0.309 e. The van der Waals surface area contributed by atoms with Crippen LogP contribution in [0.3, 0.4) is 0 Å². The Hall–Kier alpha value is -1.26. The van der Waals surface area contributed by atoms with Crippen molar-refractivity contribution < 1.29 is 0 Å². The Morgan fingerprint density at radius 2 is 2.00 bits per heavy atom. The minimum atomic E-state index is 0.224. The van der Waals surface area contributed by atoms with E-state index < -0.39 is 0 Å². The molecule has 0 spiro atoms. The summed E-state index contributed by atoms with van der Waals surface area (Å²) >= 11 is 1.94. The topological polar surface area (TPSA) is 37.8 Å². The van der Waals surface area contributed by atoms with Gasteiger partial charge < -0.3 is 5.32 Å². The van der Waals surface area contributed by atoms with E-state index in [0.29, 0.717) is 0 Å². The number of aryl methyl sites for hydroxylation is 2. The highest BCUT2D eigenvalue weighted by molar-refractivity contribution is 7.12. The van der Waals surface area contributed by atoms with Crippen molar-refractivity contribution in [2.45, 2.75) is 31.7 Å². The Morgan fingerprint density at radius 1 is 1.22 bits per heavy atom. The first-order chi connectivity index (χ1) is 8.88. The highest BCUT2D eigenvalue weighted by Gasteiger charge is 2.19. The van der Waals surface area contributed by atoms with Gasteiger partial charge in [-0.1, -0.05) is 0 Å². The number of nitrogens with zero attached hydrogens (tertiary/aromatic N) is 2. The van der Waals surface area contributed by atoms with Crippen LogP contribution in [0.2, 0.25) is 0 Å². The average Bonchev–Trinajstić information content (AvgIpc) is 2.84. The van der Waals surface area contributed by atoms with E-state index >= 15 is 0 Å². The molecule has 0 aromatic carbocycles. The Bertz CT molecular complexity index is 498. The van der Waals surface area contributed by atoms with Crippen LogP contribution in [0.25, 0.3) is 0 Å². The number of hydrogen-bond acceptors (Lipinski definition) is 4. The van der Waals surface area contributed by atoms with E-state index in [9.17, 15) is 0 Å². The first kappa shape index (κ1) is 11.8. The summed E-state index contributed by atoms with van der Waals surface area (Å²) in [4.78, 5) is 11.2. The molecule has 1 aliphatic carbocycles. The summed E-state index contributed by atoms with van der Waals surface area (Å²) in [5.74, 6) is 0. The Kier molecular flexibility index (Phi) is 3.39. The van der Waals surface area contributed by atoms with E-state index in [1.54, 1.807) is 16.8 Å². The summed E-state index contributed by atoms with van der Waals surface area (Å²) in [6, 6.07) is 2.59. The highest BCUT2D eigenvalue weighted by atomic mass is 32.1. The summed E-state index contributed by atoms with van der Waals surface area (Å²) < 4.78 is 0. The molecule has 3 nitrogen and oxygen atoms in total. The zero-order valence-electron chi connectivity index (χ0n) is 10.5. The van der Waals surface area contributed by atoms with Crippen molar-refractivity contribution in [2.75, 3.05) is 7.05 Å². The average molecular weight is 259 g/mol. The zero-order chi connectivity index (χ0) is 12.4. The quantitative estimate of drug-likeness (QED) is 0.921. The van der Waals surface area contributed by atoms with Gasteiger partial charge in [0.25, 0.3) is 0 Å². The van der Waals surface area contributed by atoms with Crippen molar-refractivity contribution in [1.29, 1.82) is 0 Å². The molecule has 0 radical (unpaired) electrons. The molecule has 0 saturated carbocycles. The van der Waals surface area contributed by atoms with E-state index in [0.717, 1.165) is 5.56 Å². The third kappa shape index (κ3) is 2.18. The van der Waals surface area contributed by atoms with Gasteiger partial charge in [-0.15, -0.1) is 11.3 Å². The van der Waals surface area contributed by atoms with Gasteiger partial charge in [0.05, 0.1) is 6.04 Å². The number of thiophene rings is 1. The van der Waals surface area contributed by atoms with Gasteiger partial charge in [-0.25, -0.2) is 9.97 Å². The van der Waals surface area contributed by atoms with Crippen molar-refractivity contribution in [3.8, 4) is 0 Å². The molecule has 1 N–H and O–H groups in total. The molecular formula is C14H17N3S. The highest BCUT2D eigenvalue weighted by Crippen LogP contribution is 2.34. The van der Waals surface area contributed by atoms with Gasteiger partial charge in [0, 0.05) is 27.7 Å². The molecule has 1 aliphatic rings. The lowest BCUT2D eigenvalue weighted by Crippen LogP contribution is -2.16. The number of fused-ring (bicyclic) bond motifs is 1. The van der Waals surface area contributed by atoms with E-state index in [2.05, 4.69) is 21.4 Å². The van der Waals surface area contributed by atoms with Crippen LogP contribution in [0.4, 0.5) is 0 Å². The first-order valence-electron chi connectivity index (χ1n) is 6.42. The normalized spacial score (nSPS) is 16.3. The van der Waals surface area contributed by atoms with Gasteiger partial charge in [0.2, 0.25) is 0 Å². The van der Waals surface area contributed by atoms with Gasteiger partial charge >= 0.3 is 0 Å². The smallest absolute Gasteiger partial charge is 0.115 e. The molecule has 2 heterocycles. The second kappa shape index (κ2) is 5.16. The molecule has 18 heavy (non-hydrogen) atoms. The second-order valence-corrected chi connectivity index (χ2v) is 5.87. The van der Waals surface area contributed by atoms with Crippen molar-refractivity contribution in [3.05, 3.63) is 45.7 Å². The molecule has 2 aromatic heterocycles. The molecule has 94 valence electrons. The number of rotatable bonds is 3. The van der Waals surface area contributed by atoms with Gasteiger partial charge in [0.15, 0.2) is 0 Å². The summed E-state index contributed by atoms with van der Waals surface area (Å²) in [6.07, 6.45) is 10.5. The molecule has 4 heteroatoms. The molecule has 0 fully saturated rings. The number of nitrogens with one attached hydrogen (secondary N) is 1. The van der Waals surface area contributed by atoms with Crippen LogP contribution in [0.5, 0.6) is 0 Å². The zero-order valence-corrected chi connectivity index (χ0v) is 11.3. The molecule has 0 saturated heterocycles. The lowest BCUT2D eigenvalue weighted by Gasteiger charge is -2.13. The molecule has 0 aliphatic heterocycles. The third-order valence-corrected chi connectivity index (χ3v) is 4.80. The first-order valence-corrected chi connectivity index (χ1v) is 7.24. The standard InChI is InChI=1S/C14H17N3S/c1-15-14(11-7-16-9-17-8-11)13-6-10-4-2-3-5-12(10)18-13/h6-9,14-15H,2-5H2,1H3. The fourth-order valence-corrected chi connectivity index (χ4v) is 3.98. The van der Waals surface area contributed by atoms with E-state index in [1.807, 2.05) is 30.8 Å². The summed E-state index contributed by atoms with van der Waals surface area (Å²) in [5, 5.41) is 3.37. The fraction of sp³-hybridized carbons (Fsp3) is 0.429. The molecule has 1 unspecified atom stereocenters. The predicted octanol–water partition coefficient (Wildman–Crippen LogP) is 2.73. The van der Waals surface area contributed by atoms with Gasteiger partial charge in [0.1, 0.15) is 6.33 Å².